The molecule has 1 aromatic rings. The number of thioether (sulfide) groups is 1. The van der Waals surface area contributed by atoms with E-state index < -0.39 is 0 Å². The van der Waals surface area contributed by atoms with Gasteiger partial charge in [0.05, 0.1) is 0 Å². The summed E-state index contributed by atoms with van der Waals surface area (Å²) in [5.74, 6) is 1.23. The first-order valence-electron chi connectivity index (χ1n) is 4.86. The molecule has 1 rings (SSSR count). The van der Waals surface area contributed by atoms with Crippen molar-refractivity contribution >= 4 is 11.8 Å². The molecule has 0 aliphatic rings. The minimum atomic E-state index is 0.582. The van der Waals surface area contributed by atoms with Crippen LogP contribution in [0.2, 0.25) is 0 Å². The third-order valence-electron chi connectivity index (χ3n) is 1.73. The predicted octanol–water partition coefficient (Wildman–Crippen LogP) is 4.09. The summed E-state index contributed by atoms with van der Waals surface area (Å²) >= 11 is 1.99. The van der Waals surface area contributed by atoms with Crippen molar-refractivity contribution in [2.45, 2.75) is 25.5 Å². The second kappa shape index (κ2) is 8.82. The molecule has 0 spiro atoms. The third kappa shape index (κ3) is 5.07. The SMILES string of the molecule is C=C.CCCSC(C)c1cccnc1. The molecule has 0 saturated carbocycles. The highest BCUT2D eigenvalue weighted by atomic mass is 32.2. The van der Waals surface area contributed by atoms with Crippen LogP contribution in [0.25, 0.3) is 0 Å². The van der Waals surface area contributed by atoms with Crippen LogP contribution in [0, 0.1) is 0 Å². The monoisotopic (exact) mass is 209 g/mol. The van der Waals surface area contributed by atoms with E-state index in [9.17, 15) is 0 Å². The van der Waals surface area contributed by atoms with Gasteiger partial charge in [0, 0.05) is 17.6 Å². The van der Waals surface area contributed by atoms with Gasteiger partial charge in [0.15, 0.2) is 0 Å². The zero-order valence-electron chi connectivity index (χ0n) is 9.07. The van der Waals surface area contributed by atoms with E-state index in [1.165, 1.54) is 17.7 Å². The van der Waals surface area contributed by atoms with Crippen molar-refractivity contribution in [1.29, 1.82) is 0 Å². The summed E-state index contributed by atoms with van der Waals surface area (Å²) in [6, 6.07) is 4.14. The highest BCUT2D eigenvalue weighted by molar-refractivity contribution is 7.99. The van der Waals surface area contributed by atoms with Crippen LogP contribution in [-0.4, -0.2) is 10.7 Å². The van der Waals surface area contributed by atoms with Gasteiger partial charge in [0.1, 0.15) is 0 Å². The molecular formula is C12H19NS. The van der Waals surface area contributed by atoms with Crippen molar-refractivity contribution in [2.75, 3.05) is 5.75 Å². The Balaban J connectivity index is 0.000000791. The van der Waals surface area contributed by atoms with Gasteiger partial charge in [-0.05, 0) is 30.7 Å². The van der Waals surface area contributed by atoms with E-state index in [2.05, 4.69) is 38.1 Å². The fourth-order valence-electron chi connectivity index (χ4n) is 1.01. The number of aromatic nitrogens is 1. The molecule has 0 aromatic carbocycles. The Morgan fingerprint density at radius 2 is 2.21 bits per heavy atom. The van der Waals surface area contributed by atoms with Gasteiger partial charge in [-0.1, -0.05) is 13.0 Å². The van der Waals surface area contributed by atoms with E-state index in [4.69, 9.17) is 0 Å². The van der Waals surface area contributed by atoms with Crippen LogP contribution < -0.4 is 0 Å². The molecule has 1 aromatic heterocycles. The largest absolute Gasteiger partial charge is 0.264 e. The Labute approximate surface area is 91.6 Å². The van der Waals surface area contributed by atoms with Crippen LogP contribution in [-0.2, 0) is 0 Å². The van der Waals surface area contributed by atoms with Crippen molar-refractivity contribution < 1.29 is 0 Å². The van der Waals surface area contributed by atoms with E-state index in [-0.39, 0.29) is 0 Å². The normalized spacial score (nSPS) is 11.3. The molecule has 0 amide bonds. The van der Waals surface area contributed by atoms with Crippen LogP contribution in [0.1, 0.15) is 31.1 Å². The smallest absolute Gasteiger partial charge is 0.0311 e. The molecule has 1 atom stereocenters. The van der Waals surface area contributed by atoms with Crippen LogP contribution in [0.5, 0.6) is 0 Å². The number of nitrogens with zero attached hydrogens (tertiary/aromatic N) is 1. The summed E-state index contributed by atoms with van der Waals surface area (Å²) < 4.78 is 0. The molecule has 0 fully saturated rings. The minimum absolute atomic E-state index is 0.582. The standard InChI is InChI=1S/C10H15NS.C2H4/c1-3-7-12-9(2)10-5-4-6-11-8-10;1-2/h4-6,8-9H,3,7H2,1-2H3;1-2H2. The molecule has 78 valence electrons. The van der Waals surface area contributed by atoms with Crippen molar-refractivity contribution in [2.24, 2.45) is 0 Å². The van der Waals surface area contributed by atoms with E-state index in [0.29, 0.717) is 5.25 Å². The van der Waals surface area contributed by atoms with Gasteiger partial charge in [0.25, 0.3) is 0 Å². The number of rotatable bonds is 4. The molecule has 2 heteroatoms. The maximum atomic E-state index is 4.10. The molecule has 1 heterocycles. The molecule has 0 saturated heterocycles. The van der Waals surface area contributed by atoms with Gasteiger partial charge in [0.2, 0.25) is 0 Å². The lowest BCUT2D eigenvalue weighted by atomic mass is 10.2. The number of hydrogen-bond donors (Lipinski definition) is 0. The Bertz CT molecular complexity index is 223. The van der Waals surface area contributed by atoms with E-state index in [1.54, 1.807) is 0 Å². The van der Waals surface area contributed by atoms with Gasteiger partial charge >= 0.3 is 0 Å². The predicted molar refractivity (Wildman–Crippen MR) is 66.7 cm³/mol. The van der Waals surface area contributed by atoms with Gasteiger partial charge in [-0.15, -0.1) is 13.2 Å². The quantitative estimate of drug-likeness (QED) is 0.693. The Morgan fingerprint density at radius 3 is 2.71 bits per heavy atom. The molecule has 0 radical (unpaired) electrons. The molecule has 1 nitrogen and oxygen atoms in total. The molecule has 0 N–H and O–H groups in total. The highest BCUT2D eigenvalue weighted by Gasteiger charge is 2.03. The third-order valence-corrected chi connectivity index (χ3v) is 3.14. The first-order chi connectivity index (χ1) is 6.84. The first-order valence-corrected chi connectivity index (χ1v) is 5.91. The van der Waals surface area contributed by atoms with Crippen LogP contribution in [0.15, 0.2) is 37.7 Å². The maximum Gasteiger partial charge on any atom is 0.0311 e. The van der Waals surface area contributed by atoms with Gasteiger partial charge in [-0.2, -0.15) is 11.8 Å². The van der Waals surface area contributed by atoms with E-state index in [1.807, 2.05) is 30.2 Å². The average molecular weight is 209 g/mol. The summed E-state index contributed by atoms with van der Waals surface area (Å²) in [7, 11) is 0. The summed E-state index contributed by atoms with van der Waals surface area (Å²) in [5.41, 5.74) is 1.33. The van der Waals surface area contributed by atoms with Crippen molar-refractivity contribution in [3.63, 3.8) is 0 Å². The van der Waals surface area contributed by atoms with E-state index in [0.717, 1.165) is 0 Å². The maximum absolute atomic E-state index is 4.10. The summed E-state index contributed by atoms with van der Waals surface area (Å²) in [4.78, 5) is 4.10. The van der Waals surface area contributed by atoms with Crippen molar-refractivity contribution in [3.05, 3.63) is 43.2 Å². The lowest BCUT2D eigenvalue weighted by molar-refractivity contribution is 1.04. The molecule has 0 aliphatic heterocycles. The topological polar surface area (TPSA) is 12.9 Å². The van der Waals surface area contributed by atoms with Crippen molar-refractivity contribution in [1.82, 2.24) is 4.98 Å². The number of pyridine rings is 1. The van der Waals surface area contributed by atoms with E-state index >= 15 is 0 Å². The fourth-order valence-corrected chi connectivity index (χ4v) is 1.93. The fraction of sp³-hybridized carbons (Fsp3) is 0.417. The Hall–Kier alpha value is -0.760. The van der Waals surface area contributed by atoms with Crippen molar-refractivity contribution in [3.8, 4) is 0 Å². The zero-order valence-corrected chi connectivity index (χ0v) is 9.89. The molecular weight excluding hydrogens is 190 g/mol. The zero-order chi connectivity index (χ0) is 10.8. The van der Waals surface area contributed by atoms with Crippen LogP contribution >= 0.6 is 11.8 Å². The second-order valence-corrected chi connectivity index (χ2v) is 4.25. The highest BCUT2D eigenvalue weighted by Crippen LogP contribution is 2.27. The summed E-state index contributed by atoms with van der Waals surface area (Å²) in [6.07, 6.45) is 5.02. The first kappa shape index (κ1) is 13.2. The molecule has 0 bridgehead atoms. The van der Waals surface area contributed by atoms with Gasteiger partial charge < -0.3 is 0 Å². The second-order valence-electron chi connectivity index (χ2n) is 2.80. The molecule has 1 unspecified atom stereocenters. The lowest BCUT2D eigenvalue weighted by Crippen LogP contribution is -1.89. The summed E-state index contributed by atoms with van der Waals surface area (Å²) in [5, 5.41) is 0.582. The molecule has 0 aliphatic carbocycles. The molecule has 14 heavy (non-hydrogen) atoms. The number of hydrogen-bond acceptors (Lipinski definition) is 2. The van der Waals surface area contributed by atoms with Gasteiger partial charge in [-0.25, -0.2) is 0 Å². The Morgan fingerprint density at radius 1 is 1.50 bits per heavy atom. The Kier molecular flexibility index (Phi) is 8.34. The van der Waals surface area contributed by atoms with Crippen LogP contribution in [0.3, 0.4) is 0 Å². The average Bonchev–Trinajstić information content (AvgIpc) is 2.30. The summed E-state index contributed by atoms with van der Waals surface area (Å²) in [6.45, 7) is 10.4. The van der Waals surface area contributed by atoms with Gasteiger partial charge in [-0.3, -0.25) is 4.98 Å². The van der Waals surface area contributed by atoms with Crippen LogP contribution in [0.4, 0.5) is 0 Å². The minimum Gasteiger partial charge on any atom is -0.264 e. The lowest BCUT2D eigenvalue weighted by Gasteiger charge is -2.09.